The first-order chi connectivity index (χ1) is 16.7. The van der Waals surface area contributed by atoms with Crippen molar-refractivity contribution in [2.75, 3.05) is 31.6 Å². The summed E-state index contributed by atoms with van der Waals surface area (Å²) in [6, 6.07) is 14.2. The van der Waals surface area contributed by atoms with Crippen LogP contribution in [-0.2, 0) is 25.3 Å². The van der Waals surface area contributed by atoms with Crippen LogP contribution in [0.3, 0.4) is 0 Å². The number of esters is 1. The highest BCUT2D eigenvalue weighted by atomic mass is 32.2. The van der Waals surface area contributed by atoms with Gasteiger partial charge in [0.05, 0.1) is 17.9 Å². The maximum atomic E-state index is 12.6. The van der Waals surface area contributed by atoms with E-state index in [0.29, 0.717) is 42.9 Å². The van der Waals surface area contributed by atoms with Crippen LogP contribution >= 0.6 is 0 Å². The molecule has 2 aromatic rings. The smallest absolute Gasteiger partial charge is 0.339 e. The zero-order valence-corrected chi connectivity index (χ0v) is 20.6. The maximum absolute atomic E-state index is 12.6. The predicted octanol–water partition coefficient (Wildman–Crippen LogP) is 1.90. The number of carbonyl (C=O) groups excluding carboxylic acids is 2. The quantitative estimate of drug-likeness (QED) is 0.514. The van der Waals surface area contributed by atoms with E-state index in [9.17, 15) is 23.3 Å². The van der Waals surface area contributed by atoms with E-state index < -0.39 is 34.0 Å². The molecule has 1 atom stereocenters. The summed E-state index contributed by atoms with van der Waals surface area (Å²) >= 11 is 0. The van der Waals surface area contributed by atoms with Crippen LogP contribution in [0, 0.1) is 17.2 Å². The third kappa shape index (κ3) is 7.00. The molecule has 1 aliphatic rings. The average molecular weight is 500 g/mol. The van der Waals surface area contributed by atoms with Crippen LogP contribution in [0.1, 0.15) is 35.7 Å². The number of aromatic nitrogens is 1. The van der Waals surface area contributed by atoms with Crippen LogP contribution in [-0.4, -0.2) is 63.1 Å². The van der Waals surface area contributed by atoms with Gasteiger partial charge in [0, 0.05) is 32.3 Å². The molecule has 1 aromatic carbocycles. The molecular weight excluding hydrogens is 470 g/mol. The van der Waals surface area contributed by atoms with Crippen molar-refractivity contribution in [3.05, 3.63) is 59.8 Å². The van der Waals surface area contributed by atoms with Crippen molar-refractivity contribution in [3.63, 3.8) is 0 Å². The lowest BCUT2D eigenvalue weighted by molar-refractivity contribution is -0.124. The third-order valence-corrected chi connectivity index (χ3v) is 7.03. The van der Waals surface area contributed by atoms with Crippen LogP contribution < -0.4 is 9.62 Å². The summed E-state index contributed by atoms with van der Waals surface area (Å²) in [5.41, 5.74) is 0.929. The summed E-state index contributed by atoms with van der Waals surface area (Å²) in [5.74, 6) is -1.18. The molecular formula is C24H29N5O5S. The number of hydrogen-bond acceptors (Lipinski definition) is 9. The van der Waals surface area contributed by atoms with Gasteiger partial charge < -0.3 is 9.64 Å². The molecule has 35 heavy (non-hydrogen) atoms. The number of carbonyl (C=O) groups is 2. The molecule has 11 heteroatoms. The first-order valence-corrected chi connectivity index (χ1v) is 13.0. The van der Waals surface area contributed by atoms with E-state index in [1.165, 1.54) is 6.20 Å². The number of sulfonamides is 1. The minimum atomic E-state index is -3.80. The van der Waals surface area contributed by atoms with Crippen molar-refractivity contribution in [1.82, 2.24) is 14.6 Å². The topological polar surface area (TPSA) is 133 Å². The molecule has 1 amide bonds. The van der Waals surface area contributed by atoms with Crippen molar-refractivity contribution < 1.29 is 22.7 Å². The molecule has 1 fully saturated rings. The Labute approximate surface area is 205 Å². The number of nitrogens with zero attached hydrogens (tertiary/aromatic N) is 4. The minimum absolute atomic E-state index is 0.262. The number of ether oxygens (including phenoxy) is 1. The highest BCUT2D eigenvalue weighted by Crippen LogP contribution is 2.23. The number of rotatable bonds is 9. The Kier molecular flexibility index (Phi) is 8.78. The number of pyridine rings is 1. The van der Waals surface area contributed by atoms with Crippen molar-refractivity contribution in [1.29, 1.82) is 5.26 Å². The Morgan fingerprint density at radius 1 is 1.23 bits per heavy atom. The summed E-state index contributed by atoms with van der Waals surface area (Å²) in [7, 11) is -2.06. The van der Waals surface area contributed by atoms with Gasteiger partial charge in [-0.25, -0.2) is 18.2 Å². The van der Waals surface area contributed by atoms with E-state index in [4.69, 9.17) is 4.74 Å². The van der Waals surface area contributed by atoms with Gasteiger partial charge in [-0.2, -0.15) is 5.26 Å². The monoisotopic (exact) mass is 499 g/mol. The van der Waals surface area contributed by atoms with Gasteiger partial charge in [-0.1, -0.05) is 30.3 Å². The van der Waals surface area contributed by atoms with Gasteiger partial charge in [0.25, 0.3) is 0 Å². The number of hydrogen-bond donors (Lipinski definition) is 1. The Hall–Kier alpha value is -3.49. The molecule has 2 heterocycles. The van der Waals surface area contributed by atoms with Crippen LogP contribution in [0.4, 0.5) is 5.82 Å². The van der Waals surface area contributed by atoms with Gasteiger partial charge in [-0.15, -0.1) is 0 Å². The molecule has 1 aliphatic heterocycles. The van der Waals surface area contributed by atoms with Crippen LogP contribution in [0.5, 0.6) is 0 Å². The summed E-state index contributed by atoms with van der Waals surface area (Å²) in [6.07, 6.45) is 1.62. The first-order valence-electron chi connectivity index (χ1n) is 11.3. The molecule has 0 saturated carbocycles. The highest BCUT2D eigenvalue weighted by Gasteiger charge is 2.32. The molecule has 0 radical (unpaired) electrons. The average Bonchev–Trinajstić information content (AvgIpc) is 2.85. The second-order valence-corrected chi connectivity index (χ2v) is 9.98. The molecule has 0 aliphatic carbocycles. The molecule has 0 bridgehead atoms. The second kappa shape index (κ2) is 11.8. The van der Waals surface area contributed by atoms with Gasteiger partial charge >= 0.3 is 5.97 Å². The van der Waals surface area contributed by atoms with Gasteiger partial charge in [0.2, 0.25) is 15.9 Å². The lowest BCUT2D eigenvalue weighted by atomic mass is 9.96. The number of benzene rings is 1. The molecule has 0 spiro atoms. The molecule has 1 unspecified atom stereocenters. The maximum Gasteiger partial charge on any atom is 0.339 e. The fourth-order valence-electron chi connectivity index (χ4n) is 3.94. The largest absolute Gasteiger partial charge is 0.462 e. The summed E-state index contributed by atoms with van der Waals surface area (Å²) < 4.78 is 31.9. The van der Waals surface area contributed by atoms with Crippen LogP contribution in [0.2, 0.25) is 0 Å². The van der Waals surface area contributed by atoms with Gasteiger partial charge in [0.1, 0.15) is 11.9 Å². The summed E-state index contributed by atoms with van der Waals surface area (Å²) in [5, 5.41) is 9.80. The number of piperidine rings is 1. The normalized spacial score (nSPS) is 15.6. The standard InChI is InChI=1S/C24H29N5O5S/c1-3-34-24(31)20-9-10-21(26-16-20)28(2)22(15-25)29-13-11-19(12-14-29)23(30)27-35(32,33)17-18-7-5-4-6-8-18/h4-10,16,19,22H,3,11-14,17H2,1-2H3,(H,27,30). The number of anilines is 1. The molecule has 1 aromatic heterocycles. The van der Waals surface area contributed by atoms with Crippen LogP contribution in [0.15, 0.2) is 48.7 Å². The number of amides is 1. The van der Waals surface area contributed by atoms with E-state index in [0.717, 1.165) is 0 Å². The number of likely N-dealkylation sites (tertiary alicyclic amines) is 1. The minimum Gasteiger partial charge on any atom is -0.462 e. The Bertz CT molecular complexity index is 1160. The van der Waals surface area contributed by atoms with Gasteiger partial charge in [-0.05, 0) is 37.5 Å². The van der Waals surface area contributed by atoms with E-state index in [1.807, 2.05) is 4.90 Å². The second-order valence-electron chi connectivity index (χ2n) is 8.26. The number of nitrogens with one attached hydrogen (secondary N) is 1. The van der Waals surface area contributed by atoms with Crippen LogP contribution in [0.25, 0.3) is 0 Å². The molecule has 186 valence electrons. The Morgan fingerprint density at radius 2 is 1.91 bits per heavy atom. The predicted molar refractivity (Wildman–Crippen MR) is 130 cm³/mol. The molecule has 3 rings (SSSR count). The van der Waals surface area contributed by atoms with E-state index >= 15 is 0 Å². The Balaban J connectivity index is 1.56. The first kappa shape index (κ1) is 26.1. The van der Waals surface area contributed by atoms with Gasteiger partial charge in [0.15, 0.2) is 6.17 Å². The fraction of sp³-hybridized carbons (Fsp3) is 0.417. The molecule has 1 N–H and O–H groups in total. The summed E-state index contributed by atoms with van der Waals surface area (Å²) in [4.78, 5) is 32.3. The molecule has 10 nitrogen and oxygen atoms in total. The van der Waals surface area contributed by atoms with Crippen molar-refractivity contribution in [2.45, 2.75) is 31.7 Å². The summed E-state index contributed by atoms with van der Waals surface area (Å²) in [6.45, 7) is 2.88. The fourth-order valence-corrected chi connectivity index (χ4v) is 5.12. The van der Waals surface area contributed by atoms with E-state index in [-0.39, 0.29) is 12.4 Å². The lowest BCUT2D eigenvalue weighted by Crippen LogP contribution is -2.51. The van der Waals surface area contributed by atoms with E-state index in [1.54, 1.807) is 61.3 Å². The Morgan fingerprint density at radius 3 is 2.49 bits per heavy atom. The van der Waals surface area contributed by atoms with E-state index in [2.05, 4.69) is 15.8 Å². The molecule has 1 saturated heterocycles. The zero-order valence-electron chi connectivity index (χ0n) is 19.8. The van der Waals surface area contributed by atoms with Crippen molar-refractivity contribution >= 4 is 27.7 Å². The third-order valence-electron chi connectivity index (χ3n) is 5.80. The number of nitriles is 1. The highest BCUT2D eigenvalue weighted by molar-refractivity contribution is 7.89. The SMILES string of the molecule is CCOC(=O)c1ccc(N(C)C(C#N)N2CCC(C(=O)NS(=O)(=O)Cc3ccccc3)CC2)nc1. The lowest BCUT2D eigenvalue weighted by Gasteiger charge is -2.38. The zero-order chi connectivity index (χ0) is 25.4. The van der Waals surface area contributed by atoms with Crippen molar-refractivity contribution in [3.8, 4) is 6.07 Å². The van der Waals surface area contributed by atoms with Gasteiger partial charge in [-0.3, -0.25) is 14.4 Å². The van der Waals surface area contributed by atoms with Crippen molar-refractivity contribution in [2.24, 2.45) is 5.92 Å².